The van der Waals surface area contributed by atoms with E-state index in [0.29, 0.717) is 26.2 Å². The number of anilines is 1. The summed E-state index contributed by atoms with van der Waals surface area (Å²) in [6, 6.07) is 5.92. The first-order chi connectivity index (χ1) is 13.2. The molecule has 11 heteroatoms. The van der Waals surface area contributed by atoms with Crippen molar-refractivity contribution < 1.29 is 22.7 Å². The van der Waals surface area contributed by atoms with E-state index < -0.39 is 12.0 Å². The molecule has 28 heavy (non-hydrogen) atoms. The molecule has 3 rings (SSSR count). The molecular weight excluding hydrogens is 490 g/mol. The molecule has 2 heterocycles. The Morgan fingerprint density at radius 1 is 1.25 bits per heavy atom. The molecule has 1 fully saturated rings. The number of methoxy groups -OCH3 is 1. The first-order valence-corrected chi connectivity index (χ1v) is 9.62. The Hall–Kier alpha value is -2.05. The van der Waals surface area contributed by atoms with Crippen LogP contribution in [0.5, 0.6) is 5.75 Å². The van der Waals surface area contributed by atoms with Gasteiger partial charge in [-0.25, -0.2) is 9.67 Å². The molecule has 0 saturated carbocycles. The van der Waals surface area contributed by atoms with Crippen molar-refractivity contribution in [3.05, 3.63) is 33.4 Å². The lowest BCUT2D eigenvalue weighted by molar-refractivity contribution is -0.145. The number of carbonyl (C=O) groups excluding carboxylic acids is 1. The van der Waals surface area contributed by atoms with E-state index in [2.05, 4.69) is 37.6 Å². The zero-order valence-corrected chi connectivity index (χ0v) is 17.5. The molecule has 1 saturated heterocycles. The van der Waals surface area contributed by atoms with E-state index in [1.54, 1.807) is 12.0 Å². The molecule has 7 nitrogen and oxygen atoms in total. The second-order valence-corrected chi connectivity index (χ2v) is 7.49. The lowest BCUT2D eigenvalue weighted by atomic mass is 10.2. The number of aryl methyl sites for hydroxylation is 1. The molecule has 1 aromatic carbocycles. The Balaban J connectivity index is 1.61. The van der Waals surface area contributed by atoms with E-state index in [0.717, 1.165) is 19.7 Å². The normalized spacial score (nSPS) is 15.1. The molecule has 0 aliphatic carbocycles. The predicted octanol–water partition coefficient (Wildman–Crippen LogP) is 2.57. The van der Waals surface area contributed by atoms with Crippen molar-refractivity contribution in [2.24, 2.45) is 0 Å². The summed E-state index contributed by atoms with van der Waals surface area (Å²) in [5.41, 5.74) is 1.01. The Morgan fingerprint density at radius 3 is 2.50 bits per heavy atom. The van der Waals surface area contributed by atoms with Gasteiger partial charge in [0.05, 0.1) is 10.7 Å². The second-order valence-electron chi connectivity index (χ2n) is 6.32. The van der Waals surface area contributed by atoms with E-state index in [4.69, 9.17) is 4.74 Å². The average molecular weight is 509 g/mol. The van der Waals surface area contributed by atoms with Crippen molar-refractivity contribution in [1.29, 1.82) is 0 Å². The van der Waals surface area contributed by atoms with Crippen LogP contribution in [0, 0.1) is 10.5 Å². The number of benzene rings is 1. The van der Waals surface area contributed by atoms with E-state index in [-0.39, 0.29) is 18.3 Å². The summed E-state index contributed by atoms with van der Waals surface area (Å²) < 4.78 is 45.5. The zero-order valence-electron chi connectivity index (χ0n) is 15.3. The molecular formula is C17H19F3IN5O2. The molecule has 0 bridgehead atoms. The van der Waals surface area contributed by atoms with Gasteiger partial charge < -0.3 is 14.5 Å². The summed E-state index contributed by atoms with van der Waals surface area (Å²) in [5.74, 6) is -0.652. The summed E-state index contributed by atoms with van der Waals surface area (Å²) in [4.78, 5) is 19.7. The van der Waals surface area contributed by atoms with Gasteiger partial charge in [-0.2, -0.15) is 13.2 Å². The molecule has 152 valence electrons. The molecule has 1 aliphatic heterocycles. The minimum atomic E-state index is -4.63. The van der Waals surface area contributed by atoms with Gasteiger partial charge in [-0.3, -0.25) is 4.79 Å². The smallest absolute Gasteiger partial charge is 0.453 e. The molecule has 1 aromatic heterocycles. The number of nitrogens with zero attached hydrogens (tertiary/aromatic N) is 5. The lowest BCUT2D eigenvalue weighted by Gasteiger charge is -2.36. The highest BCUT2D eigenvalue weighted by Gasteiger charge is 2.37. The molecule has 2 aromatic rings. The van der Waals surface area contributed by atoms with Gasteiger partial charge in [-0.15, -0.1) is 5.10 Å². The highest BCUT2D eigenvalue weighted by atomic mass is 127. The minimum absolute atomic E-state index is 0.0605. The van der Waals surface area contributed by atoms with Gasteiger partial charge >= 0.3 is 6.18 Å². The molecule has 0 radical (unpaired) electrons. The maximum Gasteiger partial charge on any atom is 0.453 e. The highest BCUT2D eigenvalue weighted by Crippen LogP contribution is 2.28. The number of alkyl halides is 3. The standard InChI is InChI=1S/C17H19F3IN5O2/c1-11-22-16(17(18,19)20)23-26(11)10-15(27)25-7-5-24(6-8-25)12-3-4-13(21)14(9-12)28-2/h3-4,9H,5-8,10H2,1-2H3. The number of hydrogen-bond acceptors (Lipinski definition) is 5. The van der Waals surface area contributed by atoms with E-state index >= 15 is 0 Å². The number of ether oxygens (including phenoxy) is 1. The van der Waals surface area contributed by atoms with Crippen molar-refractivity contribution in [3.63, 3.8) is 0 Å². The predicted molar refractivity (Wildman–Crippen MR) is 104 cm³/mol. The number of hydrogen-bond donors (Lipinski definition) is 0. The van der Waals surface area contributed by atoms with Crippen LogP contribution in [0.4, 0.5) is 18.9 Å². The van der Waals surface area contributed by atoms with Gasteiger partial charge in [0.2, 0.25) is 5.91 Å². The zero-order chi connectivity index (χ0) is 20.5. The number of carbonyl (C=O) groups is 1. The third-order valence-corrected chi connectivity index (χ3v) is 5.42. The van der Waals surface area contributed by atoms with Crippen LogP contribution in [0.3, 0.4) is 0 Å². The fraction of sp³-hybridized carbons (Fsp3) is 0.471. The first kappa shape index (κ1) is 20.7. The van der Waals surface area contributed by atoms with Crippen LogP contribution in [0.25, 0.3) is 0 Å². The molecule has 0 atom stereocenters. The van der Waals surface area contributed by atoms with E-state index in [1.807, 2.05) is 18.2 Å². The monoisotopic (exact) mass is 509 g/mol. The van der Waals surface area contributed by atoms with Gasteiger partial charge in [0, 0.05) is 37.9 Å². The van der Waals surface area contributed by atoms with Gasteiger partial charge in [-0.1, -0.05) is 0 Å². The fourth-order valence-electron chi connectivity index (χ4n) is 2.98. The maximum absolute atomic E-state index is 12.7. The second kappa shape index (κ2) is 8.13. The molecule has 0 N–H and O–H groups in total. The quantitative estimate of drug-likeness (QED) is 0.594. The highest BCUT2D eigenvalue weighted by molar-refractivity contribution is 14.1. The first-order valence-electron chi connectivity index (χ1n) is 8.54. The van der Waals surface area contributed by atoms with Gasteiger partial charge in [0.25, 0.3) is 5.82 Å². The van der Waals surface area contributed by atoms with Crippen molar-refractivity contribution in [1.82, 2.24) is 19.7 Å². The van der Waals surface area contributed by atoms with Crippen LogP contribution in [0.1, 0.15) is 11.6 Å². The van der Waals surface area contributed by atoms with Gasteiger partial charge in [-0.05, 0) is 41.6 Å². The van der Waals surface area contributed by atoms with Gasteiger partial charge in [0.1, 0.15) is 18.1 Å². The Bertz CT molecular complexity index is 863. The third-order valence-electron chi connectivity index (χ3n) is 4.53. The number of amides is 1. The lowest BCUT2D eigenvalue weighted by Crippen LogP contribution is -2.49. The van der Waals surface area contributed by atoms with Gasteiger partial charge in [0.15, 0.2) is 0 Å². The van der Waals surface area contributed by atoms with Crippen LogP contribution in [-0.4, -0.2) is 58.9 Å². The average Bonchev–Trinajstić information content (AvgIpc) is 3.03. The maximum atomic E-state index is 12.7. The van der Waals surface area contributed by atoms with Crippen LogP contribution in [0.15, 0.2) is 18.2 Å². The van der Waals surface area contributed by atoms with E-state index in [1.165, 1.54) is 6.92 Å². The van der Waals surface area contributed by atoms with Crippen LogP contribution >= 0.6 is 22.6 Å². The molecule has 1 amide bonds. The van der Waals surface area contributed by atoms with Crippen LogP contribution in [-0.2, 0) is 17.5 Å². The summed E-state index contributed by atoms with van der Waals surface area (Å²) >= 11 is 2.20. The number of rotatable bonds is 4. The molecule has 1 aliphatic rings. The van der Waals surface area contributed by atoms with E-state index in [9.17, 15) is 18.0 Å². The molecule has 0 spiro atoms. The van der Waals surface area contributed by atoms with Crippen molar-refractivity contribution in [2.75, 3.05) is 38.2 Å². The summed E-state index contributed by atoms with van der Waals surface area (Å²) in [6.45, 7) is 3.35. The van der Waals surface area contributed by atoms with Crippen molar-refractivity contribution >= 4 is 34.2 Å². The Morgan fingerprint density at radius 2 is 1.93 bits per heavy atom. The Kier molecular flexibility index (Phi) is 6.01. The Labute approximate surface area is 173 Å². The van der Waals surface area contributed by atoms with Crippen molar-refractivity contribution in [3.8, 4) is 5.75 Å². The van der Waals surface area contributed by atoms with Crippen molar-refractivity contribution in [2.45, 2.75) is 19.6 Å². The molecule has 0 unspecified atom stereocenters. The fourth-order valence-corrected chi connectivity index (χ4v) is 3.53. The summed E-state index contributed by atoms with van der Waals surface area (Å²) in [6.07, 6.45) is -4.63. The number of aromatic nitrogens is 3. The number of piperazine rings is 1. The number of halogens is 4. The summed E-state index contributed by atoms with van der Waals surface area (Å²) in [5, 5.41) is 3.41. The summed E-state index contributed by atoms with van der Waals surface area (Å²) in [7, 11) is 1.62. The minimum Gasteiger partial charge on any atom is -0.496 e. The van der Waals surface area contributed by atoms with Crippen LogP contribution < -0.4 is 9.64 Å². The SMILES string of the molecule is COc1cc(N2CCN(C(=O)Cn3nc(C(F)(F)F)nc3C)CC2)ccc1I. The topological polar surface area (TPSA) is 63.5 Å². The third kappa shape index (κ3) is 4.50. The largest absolute Gasteiger partial charge is 0.496 e. The van der Waals surface area contributed by atoms with Crippen LogP contribution in [0.2, 0.25) is 0 Å².